The van der Waals surface area contributed by atoms with Gasteiger partial charge in [-0.3, -0.25) is 4.79 Å². The topological polar surface area (TPSA) is 94.8 Å². The molecule has 26 heavy (non-hydrogen) atoms. The minimum absolute atomic E-state index is 0. The van der Waals surface area contributed by atoms with E-state index in [1.54, 1.807) is 0 Å². The van der Waals surface area contributed by atoms with Crippen molar-refractivity contribution in [1.82, 2.24) is 0 Å². The van der Waals surface area contributed by atoms with E-state index in [-0.39, 0.29) is 51.8 Å². The van der Waals surface area contributed by atoms with Crippen molar-refractivity contribution in [3.63, 3.8) is 0 Å². The zero-order valence-corrected chi connectivity index (χ0v) is 19.7. The van der Waals surface area contributed by atoms with Gasteiger partial charge in [0, 0.05) is 6.42 Å². The van der Waals surface area contributed by atoms with Gasteiger partial charge in [0.25, 0.3) is 0 Å². The molecule has 0 aliphatic rings. The Kier molecular flexibility index (Phi) is 39.1. The molecular formula is C19H42Mg2O5. The average Bonchev–Trinajstić information content (AvgIpc) is 2.50. The van der Waals surface area contributed by atoms with Gasteiger partial charge in [-0.25, -0.2) is 4.79 Å². The van der Waals surface area contributed by atoms with Crippen molar-refractivity contribution in [3.05, 3.63) is 0 Å². The third-order valence-electron chi connectivity index (χ3n) is 3.99. The Morgan fingerprint density at radius 3 is 1.04 bits per heavy atom. The summed E-state index contributed by atoms with van der Waals surface area (Å²) < 4.78 is 0. The van der Waals surface area contributed by atoms with E-state index in [1.807, 2.05) is 0 Å². The molecule has 0 amide bonds. The monoisotopic (exact) mass is 398 g/mol. The maximum Gasteiger partial charge on any atom is 2.00 e. The number of carboxylic acids is 1. The SMILES string of the molecule is CCCCCCCCCCCCCCCCCC(=O)O.O=C(O)O.[H-].[H-].[H-].[H-].[Mg+2].[Mg+2]. The van der Waals surface area contributed by atoms with E-state index in [0.717, 1.165) is 12.8 Å². The van der Waals surface area contributed by atoms with E-state index in [4.69, 9.17) is 20.1 Å². The molecule has 0 spiro atoms. The summed E-state index contributed by atoms with van der Waals surface area (Å²) in [6.45, 7) is 2.27. The van der Waals surface area contributed by atoms with E-state index in [9.17, 15) is 4.79 Å². The summed E-state index contributed by atoms with van der Waals surface area (Å²) in [4.78, 5) is 18.9. The van der Waals surface area contributed by atoms with Crippen LogP contribution in [0.5, 0.6) is 0 Å². The quantitative estimate of drug-likeness (QED) is 0.211. The van der Waals surface area contributed by atoms with Crippen molar-refractivity contribution in [3.8, 4) is 0 Å². The van der Waals surface area contributed by atoms with Crippen LogP contribution in [0.15, 0.2) is 0 Å². The summed E-state index contributed by atoms with van der Waals surface area (Å²) in [5.41, 5.74) is 0. The predicted molar refractivity (Wildman–Crippen MR) is 114 cm³/mol. The number of carboxylic acid groups (broad SMARTS) is 3. The van der Waals surface area contributed by atoms with Crippen molar-refractivity contribution in [2.75, 3.05) is 0 Å². The molecule has 0 rings (SSSR count). The number of carbonyl (C=O) groups is 2. The van der Waals surface area contributed by atoms with Crippen molar-refractivity contribution >= 4 is 58.2 Å². The molecule has 0 aromatic rings. The molecule has 0 fully saturated rings. The van der Waals surface area contributed by atoms with Crippen LogP contribution in [0.4, 0.5) is 4.79 Å². The molecule has 0 unspecified atom stereocenters. The summed E-state index contributed by atoms with van der Waals surface area (Å²) >= 11 is 0. The van der Waals surface area contributed by atoms with Crippen molar-refractivity contribution in [1.29, 1.82) is 0 Å². The van der Waals surface area contributed by atoms with E-state index < -0.39 is 12.1 Å². The van der Waals surface area contributed by atoms with Gasteiger partial charge < -0.3 is 21.0 Å². The molecule has 0 radical (unpaired) electrons. The fourth-order valence-corrected chi connectivity index (χ4v) is 2.65. The second kappa shape index (κ2) is 30.0. The Hall–Kier alpha value is 0.272. The largest absolute Gasteiger partial charge is 2.00 e. The van der Waals surface area contributed by atoms with Crippen LogP contribution in [0.25, 0.3) is 0 Å². The van der Waals surface area contributed by atoms with Crippen LogP contribution in [0.2, 0.25) is 0 Å². The number of hydrogen-bond acceptors (Lipinski definition) is 2. The number of unbranched alkanes of at least 4 members (excludes halogenated alkanes) is 14. The van der Waals surface area contributed by atoms with Gasteiger partial charge in [0.2, 0.25) is 0 Å². The van der Waals surface area contributed by atoms with Gasteiger partial charge in [-0.1, -0.05) is 96.8 Å². The first-order valence-corrected chi connectivity index (χ1v) is 9.64. The van der Waals surface area contributed by atoms with Crippen LogP contribution in [0.1, 0.15) is 115 Å². The van der Waals surface area contributed by atoms with E-state index in [0.29, 0.717) is 6.42 Å². The van der Waals surface area contributed by atoms with Gasteiger partial charge >= 0.3 is 58.2 Å². The van der Waals surface area contributed by atoms with Crippen LogP contribution >= 0.6 is 0 Å². The third kappa shape index (κ3) is 44.1. The Labute approximate surface area is 197 Å². The Bertz CT molecular complexity index is 302. The van der Waals surface area contributed by atoms with E-state index in [2.05, 4.69) is 6.92 Å². The molecule has 0 aromatic carbocycles. The Balaban J connectivity index is -0.0000000739. The van der Waals surface area contributed by atoms with Gasteiger partial charge in [0.05, 0.1) is 0 Å². The van der Waals surface area contributed by atoms with Gasteiger partial charge in [0.1, 0.15) is 0 Å². The number of hydrogen-bond donors (Lipinski definition) is 3. The van der Waals surface area contributed by atoms with Gasteiger partial charge in [-0.2, -0.15) is 0 Å². The summed E-state index contributed by atoms with van der Waals surface area (Å²) in [7, 11) is 0. The summed E-state index contributed by atoms with van der Waals surface area (Å²) in [6.07, 6.45) is 18.4. The van der Waals surface area contributed by atoms with Crippen LogP contribution in [-0.2, 0) is 4.79 Å². The molecule has 0 aromatic heterocycles. The molecule has 0 aliphatic carbocycles. The molecule has 0 heterocycles. The molecule has 0 aliphatic heterocycles. The average molecular weight is 399 g/mol. The maximum atomic E-state index is 10.3. The van der Waals surface area contributed by atoms with Crippen LogP contribution in [-0.4, -0.2) is 73.5 Å². The normalized spacial score (nSPS) is 9.27. The molecular weight excluding hydrogens is 357 g/mol. The van der Waals surface area contributed by atoms with Crippen LogP contribution in [0.3, 0.4) is 0 Å². The summed E-state index contributed by atoms with van der Waals surface area (Å²) in [6, 6.07) is 0. The van der Waals surface area contributed by atoms with Gasteiger partial charge in [-0.15, -0.1) is 0 Å². The number of aliphatic carboxylic acids is 1. The molecule has 152 valence electrons. The zero-order valence-electron chi connectivity index (χ0n) is 20.9. The number of rotatable bonds is 16. The first kappa shape index (κ1) is 33.8. The van der Waals surface area contributed by atoms with Crippen molar-refractivity contribution in [2.45, 2.75) is 110 Å². The molecule has 0 saturated heterocycles. The first-order chi connectivity index (χ1) is 11.5. The predicted octanol–water partition coefficient (Wildman–Crippen LogP) is 6.24. The first-order valence-electron chi connectivity index (χ1n) is 9.64. The van der Waals surface area contributed by atoms with E-state index >= 15 is 0 Å². The molecule has 0 atom stereocenters. The Morgan fingerprint density at radius 2 is 0.808 bits per heavy atom. The summed E-state index contributed by atoms with van der Waals surface area (Å²) in [5, 5.41) is 22.5. The van der Waals surface area contributed by atoms with Crippen LogP contribution < -0.4 is 0 Å². The van der Waals surface area contributed by atoms with Crippen molar-refractivity contribution in [2.24, 2.45) is 0 Å². The maximum absolute atomic E-state index is 10.3. The second-order valence-electron chi connectivity index (χ2n) is 6.38. The second-order valence-corrected chi connectivity index (χ2v) is 6.38. The molecule has 0 bridgehead atoms. The molecule has 5 nitrogen and oxygen atoms in total. The zero-order chi connectivity index (χ0) is 18.5. The summed E-state index contributed by atoms with van der Waals surface area (Å²) in [5.74, 6) is -0.653. The smallest absolute Gasteiger partial charge is 1.00 e. The Morgan fingerprint density at radius 1 is 0.577 bits per heavy atom. The fraction of sp³-hybridized carbons (Fsp3) is 0.895. The minimum Gasteiger partial charge on any atom is -1.00 e. The van der Waals surface area contributed by atoms with Crippen LogP contribution in [0, 0.1) is 0 Å². The third-order valence-corrected chi connectivity index (χ3v) is 3.99. The fourth-order valence-electron chi connectivity index (χ4n) is 2.65. The molecule has 7 heteroatoms. The minimum atomic E-state index is -1.83. The van der Waals surface area contributed by atoms with E-state index in [1.165, 1.54) is 83.5 Å². The molecule has 0 saturated carbocycles. The molecule has 3 N–H and O–H groups in total. The van der Waals surface area contributed by atoms with Crippen molar-refractivity contribution < 1.29 is 30.6 Å². The van der Waals surface area contributed by atoms with Gasteiger partial charge in [0.15, 0.2) is 0 Å². The standard InChI is InChI=1S/C18H36O2.CH2O3.2Mg.4H/c1-2-3-4-5-6-7-8-9-10-11-12-13-14-15-16-17-18(19)20;2-1(3)4;;;;;;/h2-17H2,1H3,(H,19,20);(H2,2,3,4);;;;;;/q;;2*+2;4*-1. The van der Waals surface area contributed by atoms with Gasteiger partial charge in [-0.05, 0) is 6.42 Å².